The van der Waals surface area contributed by atoms with E-state index in [2.05, 4.69) is 45.1 Å². The smallest absolute Gasteiger partial charge is 0.415 e. The van der Waals surface area contributed by atoms with Crippen molar-refractivity contribution in [2.75, 3.05) is 44.2 Å². The molecule has 36 heavy (non-hydrogen) atoms. The third-order valence-corrected chi connectivity index (χ3v) is 6.63. The third kappa shape index (κ3) is 5.63. The first-order valence-corrected chi connectivity index (χ1v) is 12.3. The van der Waals surface area contributed by atoms with Crippen molar-refractivity contribution in [1.29, 1.82) is 0 Å². The molecule has 3 aromatic rings. The second kappa shape index (κ2) is 10.2. The number of hydrogen-bond donors (Lipinski definition) is 0. The molecule has 1 saturated heterocycles. The van der Waals surface area contributed by atoms with Crippen LogP contribution < -0.4 is 14.4 Å². The van der Waals surface area contributed by atoms with Gasteiger partial charge in [0.25, 0.3) is 0 Å². The van der Waals surface area contributed by atoms with Crippen molar-refractivity contribution in [3.63, 3.8) is 0 Å². The van der Waals surface area contributed by atoms with E-state index in [0.29, 0.717) is 13.2 Å². The molecule has 2 aromatic carbocycles. The molecule has 2 aliphatic heterocycles. The van der Waals surface area contributed by atoms with E-state index in [1.807, 2.05) is 37.3 Å². The zero-order valence-corrected chi connectivity index (χ0v) is 20.8. The van der Waals surface area contributed by atoms with Gasteiger partial charge in [0, 0.05) is 48.4 Å². The van der Waals surface area contributed by atoms with Gasteiger partial charge in [-0.1, -0.05) is 35.9 Å². The van der Waals surface area contributed by atoms with E-state index >= 15 is 0 Å². The van der Waals surface area contributed by atoms with Gasteiger partial charge in [0.1, 0.15) is 18.6 Å². The van der Waals surface area contributed by atoms with Gasteiger partial charge in [0.2, 0.25) is 0 Å². The Morgan fingerprint density at radius 3 is 2.67 bits per heavy atom. The van der Waals surface area contributed by atoms with E-state index in [9.17, 15) is 10.1 Å². The molecule has 2 aliphatic rings. The van der Waals surface area contributed by atoms with Crippen molar-refractivity contribution in [3.8, 4) is 11.8 Å². The summed E-state index contributed by atoms with van der Waals surface area (Å²) in [5.74, 6) is 0.544. The fourth-order valence-corrected chi connectivity index (χ4v) is 4.68. The van der Waals surface area contributed by atoms with E-state index in [0.717, 1.165) is 49.1 Å². The number of hydrogen-bond acceptors (Lipinski definition) is 7. The highest BCUT2D eigenvalue weighted by Crippen LogP contribution is 2.31. The summed E-state index contributed by atoms with van der Waals surface area (Å²) in [6.45, 7) is 7.52. The monoisotopic (exact) mass is 509 g/mol. The Hall–Kier alpha value is -3.56. The van der Waals surface area contributed by atoms with Gasteiger partial charge in [-0.3, -0.25) is 9.47 Å². The van der Waals surface area contributed by atoms with Crippen LogP contribution in [0.15, 0.2) is 60.8 Å². The van der Waals surface area contributed by atoms with Crippen LogP contribution in [0, 0.1) is 10.1 Å². The lowest BCUT2D eigenvalue weighted by atomic mass is 10.1. The number of fused-ring (bicyclic) bond motifs is 1. The molecule has 9 nitrogen and oxygen atoms in total. The summed E-state index contributed by atoms with van der Waals surface area (Å²) in [4.78, 5) is 19.1. The van der Waals surface area contributed by atoms with Gasteiger partial charge in [0.05, 0.1) is 6.54 Å². The quantitative estimate of drug-likeness (QED) is 0.326. The Balaban J connectivity index is 1.07. The molecule has 3 heterocycles. The maximum atomic E-state index is 10.9. The Kier molecular flexibility index (Phi) is 6.84. The highest BCUT2D eigenvalue weighted by molar-refractivity contribution is 6.30. The fraction of sp³-hybridized carbons (Fsp3) is 0.346. The SMILES string of the molecule is C[C@]1(COc2ccc(N3CCN(C/C=C/c4cccc(Cl)c4)CC3)cc2)Cn2cc([N+](=O)[O-])nc2O1. The number of ether oxygens (including phenoxy) is 2. The zero-order chi connectivity index (χ0) is 25.1. The summed E-state index contributed by atoms with van der Waals surface area (Å²) < 4.78 is 13.5. The summed E-state index contributed by atoms with van der Waals surface area (Å²) >= 11 is 6.05. The van der Waals surface area contributed by atoms with Gasteiger partial charge in [-0.2, -0.15) is 0 Å². The van der Waals surface area contributed by atoms with Crippen LogP contribution in [0.3, 0.4) is 0 Å². The lowest BCUT2D eigenvalue weighted by Crippen LogP contribution is -2.46. The molecule has 0 N–H and O–H groups in total. The van der Waals surface area contributed by atoms with Crippen molar-refractivity contribution in [2.24, 2.45) is 0 Å². The van der Waals surface area contributed by atoms with Gasteiger partial charge in [-0.05, 0) is 53.8 Å². The number of halogens is 1. The Bertz CT molecular complexity index is 1230. The topological polar surface area (TPSA) is 85.9 Å². The number of piperazine rings is 1. The first-order valence-electron chi connectivity index (χ1n) is 11.9. The van der Waals surface area contributed by atoms with E-state index in [4.69, 9.17) is 21.1 Å². The molecule has 0 bridgehead atoms. The van der Waals surface area contributed by atoms with Crippen LogP contribution in [-0.4, -0.2) is 64.3 Å². The van der Waals surface area contributed by atoms with Crippen LogP contribution in [-0.2, 0) is 6.54 Å². The minimum Gasteiger partial charge on any atom is -0.489 e. The van der Waals surface area contributed by atoms with Crippen molar-refractivity contribution in [3.05, 3.63) is 81.5 Å². The molecular formula is C26H28ClN5O4. The summed E-state index contributed by atoms with van der Waals surface area (Å²) in [7, 11) is 0. The molecular weight excluding hydrogens is 482 g/mol. The Morgan fingerprint density at radius 2 is 1.97 bits per heavy atom. The average molecular weight is 510 g/mol. The van der Waals surface area contributed by atoms with Gasteiger partial charge >= 0.3 is 11.8 Å². The standard InChI is InChI=1S/C26H28ClN5O4/c1-26(18-31-17-24(32(33)34)28-25(31)36-26)19-35-23-9-7-22(8-10-23)30-14-12-29(13-15-30)11-3-5-20-4-2-6-21(27)16-20/h2-10,16-17H,11-15,18-19H2,1H3/b5-3+/t26-/m1/s1. The first-order chi connectivity index (χ1) is 17.4. The molecule has 188 valence electrons. The maximum absolute atomic E-state index is 10.9. The highest BCUT2D eigenvalue weighted by Gasteiger charge is 2.41. The predicted molar refractivity (Wildman–Crippen MR) is 139 cm³/mol. The highest BCUT2D eigenvalue weighted by atomic mass is 35.5. The number of aromatic nitrogens is 2. The second-order valence-electron chi connectivity index (χ2n) is 9.35. The molecule has 0 saturated carbocycles. The number of rotatable bonds is 8. The number of anilines is 1. The fourth-order valence-electron chi connectivity index (χ4n) is 4.48. The molecule has 1 fully saturated rings. The van der Waals surface area contributed by atoms with Crippen molar-refractivity contribution in [1.82, 2.24) is 14.5 Å². The van der Waals surface area contributed by atoms with Gasteiger partial charge < -0.3 is 24.5 Å². The molecule has 0 spiro atoms. The van der Waals surface area contributed by atoms with E-state index in [1.54, 1.807) is 4.57 Å². The van der Waals surface area contributed by atoms with Crippen LogP contribution in [0.4, 0.5) is 11.5 Å². The van der Waals surface area contributed by atoms with Crippen molar-refractivity contribution in [2.45, 2.75) is 19.1 Å². The summed E-state index contributed by atoms with van der Waals surface area (Å²) in [6, 6.07) is 16.2. The maximum Gasteiger partial charge on any atom is 0.415 e. The second-order valence-corrected chi connectivity index (χ2v) is 9.78. The third-order valence-electron chi connectivity index (χ3n) is 6.40. The predicted octanol–water partition coefficient (Wildman–Crippen LogP) is 4.51. The molecule has 0 radical (unpaired) electrons. The minimum atomic E-state index is -0.631. The lowest BCUT2D eigenvalue weighted by molar-refractivity contribution is -0.389. The molecule has 5 rings (SSSR count). The lowest BCUT2D eigenvalue weighted by Gasteiger charge is -2.35. The van der Waals surface area contributed by atoms with Crippen molar-refractivity contribution >= 4 is 29.2 Å². The van der Waals surface area contributed by atoms with Crippen LogP contribution in [0.25, 0.3) is 6.08 Å². The number of imidazole rings is 1. The average Bonchev–Trinajstić information content (AvgIpc) is 3.39. The van der Waals surface area contributed by atoms with Crippen LogP contribution in [0.5, 0.6) is 11.8 Å². The Labute approximate surface area is 214 Å². The normalized spacial score (nSPS) is 19.9. The van der Waals surface area contributed by atoms with E-state index in [-0.39, 0.29) is 11.8 Å². The number of benzene rings is 2. The molecule has 1 aromatic heterocycles. The van der Waals surface area contributed by atoms with E-state index in [1.165, 1.54) is 11.9 Å². The van der Waals surface area contributed by atoms with Crippen LogP contribution in [0.1, 0.15) is 12.5 Å². The molecule has 1 atom stereocenters. The molecule has 0 unspecified atom stereocenters. The van der Waals surface area contributed by atoms with Gasteiger partial charge in [-0.15, -0.1) is 0 Å². The Morgan fingerprint density at radius 1 is 1.19 bits per heavy atom. The van der Waals surface area contributed by atoms with Gasteiger partial charge in [-0.25, -0.2) is 0 Å². The van der Waals surface area contributed by atoms with Crippen LogP contribution in [0.2, 0.25) is 5.02 Å². The van der Waals surface area contributed by atoms with Crippen molar-refractivity contribution < 1.29 is 14.4 Å². The summed E-state index contributed by atoms with van der Waals surface area (Å²) in [5.41, 5.74) is 1.66. The molecule has 0 amide bonds. The largest absolute Gasteiger partial charge is 0.489 e. The number of nitro groups is 1. The van der Waals surface area contributed by atoms with Gasteiger partial charge in [0.15, 0.2) is 5.60 Å². The number of nitrogens with zero attached hydrogens (tertiary/aromatic N) is 5. The summed E-state index contributed by atoms with van der Waals surface area (Å²) in [6.07, 6.45) is 5.70. The van der Waals surface area contributed by atoms with E-state index < -0.39 is 10.5 Å². The zero-order valence-electron chi connectivity index (χ0n) is 20.0. The first kappa shape index (κ1) is 24.1. The van der Waals surface area contributed by atoms with Crippen LogP contribution >= 0.6 is 11.6 Å². The molecule has 0 aliphatic carbocycles. The minimum absolute atomic E-state index is 0.210. The summed E-state index contributed by atoms with van der Waals surface area (Å²) in [5, 5.41) is 11.6. The molecule has 10 heteroatoms.